The molecule has 0 spiro atoms. The average molecular weight is 231 g/mol. The van der Waals surface area contributed by atoms with Crippen molar-refractivity contribution in [3.63, 3.8) is 0 Å². The number of ether oxygens (including phenoxy) is 2. The highest BCUT2D eigenvalue weighted by Gasteiger charge is 2.10. The van der Waals surface area contributed by atoms with Crippen LogP contribution in [0.15, 0.2) is 30.3 Å². The number of carbonyl (C=O) groups is 1. The predicted molar refractivity (Wildman–Crippen MR) is 64.3 cm³/mol. The average Bonchev–Trinajstić information content (AvgIpc) is 2.38. The Labute approximate surface area is 99.2 Å². The first-order chi connectivity index (χ1) is 8.26. The van der Waals surface area contributed by atoms with Gasteiger partial charge < -0.3 is 9.47 Å². The number of nitrogens with zero attached hydrogens (tertiary/aromatic N) is 1. The second-order valence-corrected chi connectivity index (χ2v) is 3.45. The number of carbonyl (C=O) groups excluding carboxylic acids is 1. The van der Waals surface area contributed by atoms with Gasteiger partial charge in [0.25, 0.3) is 0 Å². The Kier molecular flexibility index (Phi) is 3.23. The van der Waals surface area contributed by atoms with Crippen LogP contribution < -0.4 is 4.74 Å². The molecular formula is C13H13NO3. The molecule has 4 heteroatoms. The lowest BCUT2D eigenvalue weighted by Gasteiger charge is -2.07. The van der Waals surface area contributed by atoms with Crippen molar-refractivity contribution in [2.45, 2.75) is 6.92 Å². The van der Waals surface area contributed by atoms with Crippen LogP contribution in [0.2, 0.25) is 0 Å². The summed E-state index contributed by atoms with van der Waals surface area (Å²) in [6.45, 7) is 2.46. The molecule has 0 amide bonds. The number of para-hydroxylation sites is 1. The van der Waals surface area contributed by atoms with Crippen molar-refractivity contribution in [2.24, 2.45) is 0 Å². The van der Waals surface area contributed by atoms with Crippen LogP contribution in [0.1, 0.15) is 17.4 Å². The van der Waals surface area contributed by atoms with Crippen molar-refractivity contribution in [3.05, 3.63) is 36.0 Å². The zero-order valence-electron chi connectivity index (χ0n) is 9.77. The summed E-state index contributed by atoms with van der Waals surface area (Å²) in [4.78, 5) is 15.7. The van der Waals surface area contributed by atoms with E-state index in [4.69, 9.17) is 4.74 Å². The van der Waals surface area contributed by atoms with Crippen LogP contribution in [0.4, 0.5) is 0 Å². The van der Waals surface area contributed by atoms with Gasteiger partial charge in [0.2, 0.25) is 0 Å². The van der Waals surface area contributed by atoms with E-state index in [9.17, 15) is 4.79 Å². The minimum atomic E-state index is -0.446. The smallest absolute Gasteiger partial charge is 0.356 e. The van der Waals surface area contributed by atoms with E-state index in [0.717, 1.165) is 5.39 Å². The van der Waals surface area contributed by atoms with Gasteiger partial charge in [-0.15, -0.1) is 0 Å². The highest BCUT2D eigenvalue weighted by molar-refractivity contribution is 5.92. The molecule has 1 aromatic heterocycles. The van der Waals surface area contributed by atoms with E-state index < -0.39 is 5.97 Å². The summed E-state index contributed by atoms with van der Waals surface area (Å²) in [6, 6.07) is 9.12. The van der Waals surface area contributed by atoms with Crippen molar-refractivity contribution in [3.8, 4) is 5.75 Å². The standard InChI is InChI=1S/C13H13NO3/c1-3-17-11-6-4-5-9-7-8-10(13(15)16-2)14-12(9)11/h4-8H,3H2,1-2H3. The molecule has 0 fully saturated rings. The van der Waals surface area contributed by atoms with Crippen LogP contribution in [0.5, 0.6) is 5.75 Å². The largest absolute Gasteiger partial charge is 0.492 e. The monoisotopic (exact) mass is 231 g/mol. The Bertz CT molecular complexity index is 551. The second kappa shape index (κ2) is 4.82. The molecule has 0 unspecified atom stereocenters. The first kappa shape index (κ1) is 11.4. The molecule has 0 N–H and O–H groups in total. The van der Waals surface area contributed by atoms with Crippen molar-refractivity contribution < 1.29 is 14.3 Å². The second-order valence-electron chi connectivity index (χ2n) is 3.45. The molecule has 0 radical (unpaired) electrons. The fraction of sp³-hybridized carbons (Fsp3) is 0.231. The highest BCUT2D eigenvalue weighted by Crippen LogP contribution is 2.24. The number of rotatable bonds is 3. The van der Waals surface area contributed by atoms with Gasteiger partial charge in [-0.2, -0.15) is 0 Å². The number of pyridine rings is 1. The van der Waals surface area contributed by atoms with Gasteiger partial charge in [0, 0.05) is 5.39 Å². The molecule has 0 aliphatic carbocycles. The van der Waals surface area contributed by atoms with Gasteiger partial charge in [0.15, 0.2) is 0 Å². The first-order valence-electron chi connectivity index (χ1n) is 5.37. The Hall–Kier alpha value is -2.10. The minimum Gasteiger partial charge on any atom is -0.492 e. The number of aromatic nitrogens is 1. The quantitative estimate of drug-likeness (QED) is 0.761. The van der Waals surface area contributed by atoms with E-state index in [2.05, 4.69) is 9.72 Å². The topological polar surface area (TPSA) is 48.4 Å². The first-order valence-corrected chi connectivity index (χ1v) is 5.37. The van der Waals surface area contributed by atoms with Gasteiger partial charge in [-0.1, -0.05) is 18.2 Å². The van der Waals surface area contributed by atoms with Crippen LogP contribution >= 0.6 is 0 Å². The lowest BCUT2D eigenvalue weighted by molar-refractivity contribution is 0.0594. The van der Waals surface area contributed by atoms with Crippen molar-refractivity contribution in [1.29, 1.82) is 0 Å². The summed E-state index contributed by atoms with van der Waals surface area (Å²) in [7, 11) is 1.34. The van der Waals surface area contributed by atoms with Gasteiger partial charge in [0.1, 0.15) is 17.0 Å². The minimum absolute atomic E-state index is 0.284. The molecule has 0 aliphatic rings. The van der Waals surface area contributed by atoms with Crippen LogP contribution in [-0.4, -0.2) is 24.7 Å². The van der Waals surface area contributed by atoms with Crippen LogP contribution in [0.25, 0.3) is 10.9 Å². The molecule has 17 heavy (non-hydrogen) atoms. The summed E-state index contributed by atoms with van der Waals surface area (Å²) in [5.74, 6) is 0.231. The van der Waals surface area contributed by atoms with Crippen molar-refractivity contribution in [1.82, 2.24) is 4.98 Å². The molecule has 0 saturated carbocycles. The maximum atomic E-state index is 11.4. The summed E-state index contributed by atoms with van der Waals surface area (Å²) >= 11 is 0. The molecule has 2 aromatic rings. The Balaban J connectivity index is 2.57. The summed E-state index contributed by atoms with van der Waals surface area (Å²) in [6.07, 6.45) is 0. The fourth-order valence-corrected chi connectivity index (χ4v) is 1.61. The lowest BCUT2D eigenvalue weighted by atomic mass is 10.2. The zero-order chi connectivity index (χ0) is 12.3. The third kappa shape index (κ3) is 2.20. The van der Waals surface area contributed by atoms with E-state index in [0.29, 0.717) is 17.9 Å². The van der Waals surface area contributed by atoms with E-state index in [1.54, 1.807) is 6.07 Å². The lowest BCUT2D eigenvalue weighted by Crippen LogP contribution is -2.04. The third-order valence-corrected chi connectivity index (χ3v) is 2.38. The molecule has 1 heterocycles. The third-order valence-electron chi connectivity index (χ3n) is 2.38. The Morgan fingerprint density at radius 2 is 2.12 bits per heavy atom. The summed E-state index contributed by atoms with van der Waals surface area (Å²) in [5.41, 5.74) is 0.962. The van der Waals surface area contributed by atoms with Crippen LogP contribution in [0, 0.1) is 0 Å². The number of hydrogen-bond acceptors (Lipinski definition) is 4. The molecule has 0 bridgehead atoms. The SMILES string of the molecule is CCOc1cccc2ccc(C(=O)OC)nc12. The van der Waals surface area contributed by atoms with E-state index in [1.165, 1.54) is 7.11 Å². The maximum absolute atomic E-state index is 11.4. The highest BCUT2D eigenvalue weighted by atomic mass is 16.5. The normalized spacial score (nSPS) is 10.2. The van der Waals surface area contributed by atoms with Crippen molar-refractivity contribution in [2.75, 3.05) is 13.7 Å². The number of fused-ring (bicyclic) bond motifs is 1. The molecule has 0 aliphatic heterocycles. The van der Waals surface area contributed by atoms with Gasteiger partial charge >= 0.3 is 5.97 Å². The van der Waals surface area contributed by atoms with Gasteiger partial charge in [-0.05, 0) is 19.1 Å². The molecule has 2 rings (SSSR count). The van der Waals surface area contributed by atoms with Crippen molar-refractivity contribution >= 4 is 16.9 Å². The van der Waals surface area contributed by atoms with Gasteiger partial charge in [-0.3, -0.25) is 0 Å². The maximum Gasteiger partial charge on any atom is 0.356 e. The molecule has 0 saturated heterocycles. The molecule has 1 aromatic carbocycles. The zero-order valence-corrected chi connectivity index (χ0v) is 9.77. The summed E-state index contributed by atoms with van der Waals surface area (Å²) in [5, 5.41) is 0.934. The van der Waals surface area contributed by atoms with Crippen LogP contribution in [0.3, 0.4) is 0 Å². The van der Waals surface area contributed by atoms with E-state index >= 15 is 0 Å². The Morgan fingerprint density at radius 3 is 2.82 bits per heavy atom. The van der Waals surface area contributed by atoms with E-state index in [-0.39, 0.29) is 5.69 Å². The van der Waals surface area contributed by atoms with Gasteiger partial charge in [0.05, 0.1) is 13.7 Å². The number of esters is 1. The number of hydrogen-bond donors (Lipinski definition) is 0. The fourth-order valence-electron chi connectivity index (χ4n) is 1.61. The molecular weight excluding hydrogens is 218 g/mol. The number of methoxy groups -OCH3 is 1. The number of benzene rings is 1. The Morgan fingerprint density at radius 1 is 1.29 bits per heavy atom. The van der Waals surface area contributed by atoms with Gasteiger partial charge in [-0.25, -0.2) is 9.78 Å². The van der Waals surface area contributed by atoms with E-state index in [1.807, 2.05) is 31.2 Å². The van der Waals surface area contributed by atoms with Crippen LogP contribution in [-0.2, 0) is 4.74 Å². The molecule has 88 valence electrons. The summed E-state index contributed by atoms with van der Waals surface area (Å²) < 4.78 is 10.1. The molecule has 0 atom stereocenters. The molecule has 4 nitrogen and oxygen atoms in total. The predicted octanol–water partition coefficient (Wildman–Crippen LogP) is 2.42.